The van der Waals surface area contributed by atoms with E-state index < -0.39 is 0 Å². The first-order chi connectivity index (χ1) is 18.5. The van der Waals surface area contributed by atoms with Crippen LogP contribution in [0.2, 0.25) is 0 Å². The molecule has 9 heteroatoms. The number of benzene rings is 2. The van der Waals surface area contributed by atoms with E-state index in [1.807, 2.05) is 49.4 Å². The minimum Gasteiger partial charge on any atom is -0.348 e. The van der Waals surface area contributed by atoms with E-state index in [9.17, 15) is 9.59 Å². The van der Waals surface area contributed by atoms with Gasteiger partial charge in [-0.25, -0.2) is 0 Å². The highest BCUT2D eigenvalue weighted by Crippen LogP contribution is 2.23. The maximum absolute atomic E-state index is 13.1. The topological polar surface area (TPSA) is 113 Å². The Balaban J connectivity index is 1.13. The van der Waals surface area contributed by atoms with E-state index in [2.05, 4.69) is 30.7 Å². The third-order valence-corrected chi connectivity index (χ3v) is 6.70. The van der Waals surface area contributed by atoms with E-state index >= 15 is 0 Å². The number of carbonyl (C=O) groups is 2. The van der Waals surface area contributed by atoms with E-state index in [0.717, 1.165) is 24.2 Å². The first-order valence-electron chi connectivity index (χ1n) is 12.7. The third kappa shape index (κ3) is 6.30. The summed E-state index contributed by atoms with van der Waals surface area (Å²) >= 11 is 0. The van der Waals surface area contributed by atoms with Gasteiger partial charge >= 0.3 is 0 Å². The average Bonchev–Trinajstić information content (AvgIpc) is 3.42. The molecule has 2 aromatic carbocycles. The van der Waals surface area contributed by atoms with Crippen LogP contribution in [0.15, 0.2) is 77.6 Å². The van der Waals surface area contributed by atoms with Crippen molar-refractivity contribution in [1.29, 1.82) is 0 Å². The number of nitrogens with one attached hydrogen (secondary N) is 2. The Bertz CT molecular complexity index is 1380. The third-order valence-electron chi connectivity index (χ3n) is 6.70. The largest absolute Gasteiger partial charge is 0.348 e. The molecular weight excluding hydrogens is 480 g/mol. The molecule has 0 radical (unpaired) electrons. The Hall–Kier alpha value is -4.37. The van der Waals surface area contributed by atoms with Gasteiger partial charge in [-0.1, -0.05) is 53.2 Å². The molecule has 1 aliphatic rings. The molecule has 3 heterocycles. The summed E-state index contributed by atoms with van der Waals surface area (Å²) < 4.78 is 5.47. The standard InChI is InChI=1S/C29H30N6O3/c1-20-8-10-22(11-9-20)27-33-26(38-34-27)19-35-15-12-23(13-16-35)28(36)32-25-7-3-2-6-24(25)29(37)31-18-21-5-4-14-30-17-21/h2-11,14,17,23H,12-13,15-16,18-19H2,1H3,(H,31,37)(H,32,36). The highest BCUT2D eigenvalue weighted by atomic mass is 16.5. The van der Waals surface area contributed by atoms with Gasteiger partial charge in [0.05, 0.1) is 17.8 Å². The first-order valence-corrected chi connectivity index (χ1v) is 12.7. The van der Waals surface area contributed by atoms with Crippen LogP contribution in [0.1, 0.15) is 40.2 Å². The van der Waals surface area contributed by atoms with Crippen LogP contribution in [0.5, 0.6) is 0 Å². The molecule has 0 bridgehead atoms. The summed E-state index contributed by atoms with van der Waals surface area (Å²) in [7, 11) is 0. The number of likely N-dealkylation sites (tertiary alicyclic amines) is 1. The summed E-state index contributed by atoms with van der Waals surface area (Å²) in [6, 6.07) is 18.8. The van der Waals surface area contributed by atoms with Gasteiger partial charge in [0, 0.05) is 30.4 Å². The Labute approximate surface area is 221 Å². The monoisotopic (exact) mass is 510 g/mol. The number of anilines is 1. The summed E-state index contributed by atoms with van der Waals surface area (Å²) in [6.07, 6.45) is 4.82. The lowest BCUT2D eigenvalue weighted by Crippen LogP contribution is -2.38. The molecule has 1 saturated heterocycles. The van der Waals surface area contributed by atoms with Gasteiger partial charge in [-0.2, -0.15) is 4.98 Å². The van der Waals surface area contributed by atoms with Crippen molar-refractivity contribution in [3.63, 3.8) is 0 Å². The quantitative estimate of drug-likeness (QED) is 0.365. The molecule has 5 rings (SSSR count). The normalized spacial score (nSPS) is 14.2. The zero-order valence-electron chi connectivity index (χ0n) is 21.3. The van der Waals surface area contributed by atoms with Crippen LogP contribution in [0, 0.1) is 12.8 Å². The maximum Gasteiger partial charge on any atom is 0.253 e. The molecule has 194 valence electrons. The van der Waals surface area contributed by atoms with Gasteiger partial charge in [0.1, 0.15) is 0 Å². The van der Waals surface area contributed by atoms with Gasteiger partial charge in [-0.15, -0.1) is 0 Å². The average molecular weight is 511 g/mol. The SMILES string of the molecule is Cc1ccc(-c2noc(CN3CCC(C(=O)Nc4ccccc4C(=O)NCc4cccnc4)CC3)n2)cc1. The van der Waals surface area contributed by atoms with Crippen molar-refractivity contribution in [1.82, 2.24) is 25.3 Å². The zero-order valence-corrected chi connectivity index (χ0v) is 21.3. The number of amides is 2. The van der Waals surface area contributed by atoms with Crippen LogP contribution in [-0.2, 0) is 17.9 Å². The highest BCUT2D eigenvalue weighted by molar-refractivity contribution is 6.04. The van der Waals surface area contributed by atoms with Crippen molar-refractivity contribution >= 4 is 17.5 Å². The summed E-state index contributed by atoms with van der Waals surface area (Å²) in [5, 5.41) is 9.98. The molecule has 0 spiro atoms. The molecule has 1 fully saturated rings. The van der Waals surface area contributed by atoms with Gasteiger partial charge in [0.15, 0.2) is 0 Å². The molecule has 0 atom stereocenters. The lowest BCUT2D eigenvalue weighted by Gasteiger charge is -2.30. The molecule has 9 nitrogen and oxygen atoms in total. The number of nitrogens with zero attached hydrogens (tertiary/aromatic N) is 4. The first kappa shape index (κ1) is 25.3. The molecule has 0 aliphatic carbocycles. The molecule has 4 aromatic rings. The Morgan fingerprint density at radius 2 is 1.82 bits per heavy atom. The number of carbonyl (C=O) groups excluding carboxylic acids is 2. The number of hydrogen-bond acceptors (Lipinski definition) is 7. The smallest absolute Gasteiger partial charge is 0.253 e. The van der Waals surface area contributed by atoms with Crippen LogP contribution in [0.4, 0.5) is 5.69 Å². The number of aryl methyl sites for hydroxylation is 1. The van der Waals surface area contributed by atoms with E-state index in [-0.39, 0.29) is 17.7 Å². The predicted molar refractivity (Wildman–Crippen MR) is 143 cm³/mol. The van der Waals surface area contributed by atoms with Gasteiger partial charge in [-0.05, 0) is 56.6 Å². The number of aromatic nitrogens is 3. The fraction of sp³-hybridized carbons (Fsp3) is 0.276. The minimum absolute atomic E-state index is 0.0726. The predicted octanol–water partition coefficient (Wildman–Crippen LogP) is 4.22. The Morgan fingerprint density at radius 1 is 1.03 bits per heavy atom. The van der Waals surface area contributed by atoms with E-state index in [1.165, 1.54) is 5.56 Å². The van der Waals surface area contributed by atoms with Gasteiger partial charge in [-0.3, -0.25) is 19.5 Å². The van der Waals surface area contributed by atoms with Gasteiger partial charge in [0.25, 0.3) is 5.91 Å². The number of para-hydroxylation sites is 1. The van der Waals surface area contributed by atoms with Crippen molar-refractivity contribution in [2.75, 3.05) is 18.4 Å². The fourth-order valence-electron chi connectivity index (χ4n) is 4.49. The summed E-state index contributed by atoms with van der Waals surface area (Å²) in [6.45, 7) is 4.43. The Kier molecular flexibility index (Phi) is 7.84. The van der Waals surface area contributed by atoms with Crippen molar-refractivity contribution in [2.45, 2.75) is 32.9 Å². The lowest BCUT2D eigenvalue weighted by molar-refractivity contribution is -0.121. The summed E-state index contributed by atoms with van der Waals surface area (Å²) in [4.78, 5) is 36.7. The van der Waals surface area contributed by atoms with E-state index in [0.29, 0.717) is 48.9 Å². The number of piperidine rings is 1. The van der Waals surface area contributed by atoms with Crippen LogP contribution >= 0.6 is 0 Å². The van der Waals surface area contributed by atoms with Gasteiger partial charge in [0.2, 0.25) is 17.6 Å². The number of rotatable bonds is 8. The molecule has 2 aromatic heterocycles. The fourth-order valence-corrected chi connectivity index (χ4v) is 4.49. The minimum atomic E-state index is -0.246. The molecule has 1 aliphatic heterocycles. The van der Waals surface area contributed by atoms with Crippen molar-refractivity contribution in [3.8, 4) is 11.4 Å². The Morgan fingerprint density at radius 3 is 2.58 bits per heavy atom. The molecule has 2 N–H and O–H groups in total. The molecule has 0 saturated carbocycles. The van der Waals surface area contributed by atoms with Crippen molar-refractivity contribution < 1.29 is 14.1 Å². The molecule has 2 amide bonds. The lowest BCUT2D eigenvalue weighted by atomic mass is 9.95. The number of hydrogen-bond donors (Lipinski definition) is 2. The number of pyridine rings is 1. The summed E-state index contributed by atoms with van der Waals surface area (Å²) in [5.41, 5.74) is 3.95. The van der Waals surface area contributed by atoms with Crippen molar-refractivity contribution in [3.05, 3.63) is 95.6 Å². The molecular formula is C29H30N6O3. The van der Waals surface area contributed by atoms with Crippen molar-refractivity contribution in [2.24, 2.45) is 5.92 Å². The van der Waals surface area contributed by atoms with E-state index in [1.54, 1.807) is 30.6 Å². The van der Waals surface area contributed by atoms with E-state index in [4.69, 9.17) is 4.52 Å². The second-order valence-corrected chi connectivity index (χ2v) is 9.51. The zero-order chi connectivity index (χ0) is 26.3. The summed E-state index contributed by atoms with van der Waals surface area (Å²) in [5.74, 6) is 0.691. The van der Waals surface area contributed by atoms with Crippen LogP contribution < -0.4 is 10.6 Å². The highest BCUT2D eigenvalue weighted by Gasteiger charge is 2.27. The van der Waals surface area contributed by atoms with Crippen LogP contribution in [0.25, 0.3) is 11.4 Å². The maximum atomic E-state index is 13.1. The second kappa shape index (κ2) is 11.8. The van der Waals surface area contributed by atoms with Crippen LogP contribution in [-0.4, -0.2) is 44.9 Å². The van der Waals surface area contributed by atoms with Crippen LogP contribution in [0.3, 0.4) is 0 Å². The second-order valence-electron chi connectivity index (χ2n) is 9.51. The molecule has 0 unspecified atom stereocenters. The van der Waals surface area contributed by atoms with Gasteiger partial charge < -0.3 is 15.2 Å². The molecule has 38 heavy (non-hydrogen) atoms.